The van der Waals surface area contributed by atoms with Gasteiger partial charge in [0.2, 0.25) is 5.91 Å². The van der Waals surface area contributed by atoms with Crippen molar-refractivity contribution in [3.8, 4) is 0 Å². The molecule has 0 aromatic heterocycles. The summed E-state index contributed by atoms with van der Waals surface area (Å²) in [6.07, 6.45) is 0. The minimum absolute atomic E-state index is 0.177. The molecule has 1 amide bonds. The molecular weight excluding hydrogens is 250 g/mol. The van der Waals surface area contributed by atoms with Crippen LogP contribution in [0.15, 0.2) is 24.3 Å². The SMILES string of the molecule is CNC(C)c1ccccc1N1CCN(C)C(=O)C1(C)C. The first-order valence-corrected chi connectivity index (χ1v) is 7.19. The van der Waals surface area contributed by atoms with Crippen LogP contribution in [0.25, 0.3) is 0 Å². The van der Waals surface area contributed by atoms with Crippen LogP contribution in [0.3, 0.4) is 0 Å². The predicted molar refractivity (Wildman–Crippen MR) is 83.0 cm³/mol. The van der Waals surface area contributed by atoms with Crippen molar-refractivity contribution in [1.82, 2.24) is 10.2 Å². The van der Waals surface area contributed by atoms with Crippen molar-refractivity contribution in [3.63, 3.8) is 0 Å². The topological polar surface area (TPSA) is 35.6 Å². The Kier molecular flexibility index (Phi) is 4.04. The maximum atomic E-state index is 12.4. The quantitative estimate of drug-likeness (QED) is 0.917. The molecule has 0 radical (unpaired) electrons. The minimum Gasteiger partial charge on any atom is -0.355 e. The maximum Gasteiger partial charge on any atom is 0.247 e. The lowest BCUT2D eigenvalue weighted by Crippen LogP contribution is -2.62. The van der Waals surface area contributed by atoms with E-state index in [1.54, 1.807) is 0 Å². The molecule has 1 aromatic rings. The fraction of sp³-hybridized carbons (Fsp3) is 0.562. The fourth-order valence-corrected chi connectivity index (χ4v) is 2.89. The van der Waals surface area contributed by atoms with Gasteiger partial charge in [0.15, 0.2) is 0 Å². The number of rotatable bonds is 3. The first-order chi connectivity index (χ1) is 9.39. The Bertz CT molecular complexity index is 498. The van der Waals surface area contributed by atoms with E-state index in [2.05, 4.69) is 35.3 Å². The second kappa shape index (κ2) is 5.44. The van der Waals surface area contributed by atoms with E-state index in [1.165, 1.54) is 5.56 Å². The summed E-state index contributed by atoms with van der Waals surface area (Å²) in [5, 5.41) is 3.29. The van der Waals surface area contributed by atoms with Crippen molar-refractivity contribution < 1.29 is 4.79 Å². The molecule has 0 spiro atoms. The van der Waals surface area contributed by atoms with Crippen molar-refractivity contribution in [1.29, 1.82) is 0 Å². The van der Waals surface area contributed by atoms with Crippen LogP contribution in [0.1, 0.15) is 32.4 Å². The normalized spacial score (nSPS) is 20.1. The standard InChI is InChI=1S/C16H25N3O/c1-12(17-4)13-8-6-7-9-14(13)19-11-10-18(5)15(20)16(19,2)3/h6-9,12,17H,10-11H2,1-5H3. The molecule has 4 nitrogen and oxygen atoms in total. The first kappa shape index (κ1) is 14.9. The van der Waals surface area contributed by atoms with E-state index in [-0.39, 0.29) is 11.9 Å². The van der Waals surface area contributed by atoms with E-state index in [0.29, 0.717) is 0 Å². The van der Waals surface area contributed by atoms with Gasteiger partial charge in [-0.05, 0) is 39.4 Å². The van der Waals surface area contributed by atoms with E-state index in [4.69, 9.17) is 0 Å². The Morgan fingerprint density at radius 3 is 2.55 bits per heavy atom. The van der Waals surface area contributed by atoms with E-state index in [0.717, 1.165) is 18.8 Å². The van der Waals surface area contributed by atoms with Crippen LogP contribution < -0.4 is 10.2 Å². The average Bonchev–Trinajstić information content (AvgIpc) is 2.44. The minimum atomic E-state index is -0.503. The van der Waals surface area contributed by atoms with Crippen molar-refractivity contribution in [2.24, 2.45) is 0 Å². The number of benzene rings is 1. The number of carbonyl (C=O) groups is 1. The van der Waals surface area contributed by atoms with Crippen LogP contribution in [0.2, 0.25) is 0 Å². The molecular formula is C16H25N3O. The zero-order valence-electron chi connectivity index (χ0n) is 13.1. The number of para-hydroxylation sites is 1. The molecule has 1 saturated heterocycles. The van der Waals surface area contributed by atoms with Gasteiger partial charge in [0.05, 0.1) is 0 Å². The van der Waals surface area contributed by atoms with Gasteiger partial charge in [0.1, 0.15) is 5.54 Å². The summed E-state index contributed by atoms with van der Waals surface area (Å²) >= 11 is 0. The van der Waals surface area contributed by atoms with Crippen molar-refractivity contribution in [2.75, 3.05) is 32.1 Å². The highest BCUT2D eigenvalue weighted by molar-refractivity contribution is 5.90. The molecule has 2 rings (SSSR count). The smallest absolute Gasteiger partial charge is 0.247 e. The second-order valence-corrected chi connectivity index (χ2v) is 6.01. The summed E-state index contributed by atoms with van der Waals surface area (Å²) in [5.41, 5.74) is 1.89. The van der Waals surface area contributed by atoms with Gasteiger partial charge >= 0.3 is 0 Å². The molecule has 1 N–H and O–H groups in total. The van der Waals surface area contributed by atoms with Gasteiger partial charge in [-0.25, -0.2) is 0 Å². The average molecular weight is 275 g/mol. The molecule has 0 aliphatic carbocycles. The zero-order chi connectivity index (χ0) is 14.9. The first-order valence-electron chi connectivity index (χ1n) is 7.19. The van der Waals surface area contributed by atoms with E-state index in [1.807, 2.05) is 38.9 Å². The number of amides is 1. The van der Waals surface area contributed by atoms with Crippen molar-refractivity contribution >= 4 is 11.6 Å². The molecule has 1 heterocycles. The third-order valence-electron chi connectivity index (χ3n) is 4.33. The van der Waals surface area contributed by atoms with Gasteiger partial charge in [0, 0.05) is 31.9 Å². The number of hydrogen-bond acceptors (Lipinski definition) is 3. The summed E-state index contributed by atoms with van der Waals surface area (Å²) in [4.78, 5) is 16.5. The number of likely N-dealkylation sites (N-methyl/N-ethyl adjacent to an activating group) is 1. The Balaban J connectivity index is 2.43. The van der Waals surface area contributed by atoms with E-state index in [9.17, 15) is 4.79 Å². The molecule has 1 atom stereocenters. The summed E-state index contributed by atoms with van der Waals surface area (Å²) in [6, 6.07) is 8.60. The van der Waals surface area contributed by atoms with Crippen LogP contribution in [-0.2, 0) is 4.79 Å². The third kappa shape index (κ3) is 2.40. The molecule has 110 valence electrons. The van der Waals surface area contributed by atoms with Crippen LogP contribution in [0.5, 0.6) is 0 Å². The molecule has 1 fully saturated rings. The highest BCUT2D eigenvalue weighted by atomic mass is 16.2. The van der Waals surface area contributed by atoms with Crippen LogP contribution in [-0.4, -0.2) is 43.5 Å². The molecule has 4 heteroatoms. The Morgan fingerprint density at radius 2 is 1.90 bits per heavy atom. The second-order valence-electron chi connectivity index (χ2n) is 6.01. The molecule has 20 heavy (non-hydrogen) atoms. The third-order valence-corrected chi connectivity index (χ3v) is 4.33. The Morgan fingerprint density at radius 1 is 1.25 bits per heavy atom. The number of anilines is 1. The number of carbonyl (C=O) groups excluding carboxylic acids is 1. The predicted octanol–water partition coefficient (Wildman–Crippen LogP) is 2.02. The lowest BCUT2D eigenvalue weighted by atomic mass is 9.94. The van der Waals surface area contributed by atoms with Gasteiger partial charge in [-0.15, -0.1) is 0 Å². The van der Waals surface area contributed by atoms with Gasteiger partial charge in [-0.1, -0.05) is 18.2 Å². The summed E-state index contributed by atoms with van der Waals surface area (Å²) in [7, 11) is 3.84. The number of hydrogen-bond donors (Lipinski definition) is 1. The number of nitrogens with one attached hydrogen (secondary N) is 1. The fourth-order valence-electron chi connectivity index (χ4n) is 2.89. The van der Waals surface area contributed by atoms with E-state index >= 15 is 0 Å². The Hall–Kier alpha value is -1.55. The number of nitrogens with zero attached hydrogens (tertiary/aromatic N) is 2. The van der Waals surface area contributed by atoms with Crippen LogP contribution >= 0.6 is 0 Å². The maximum absolute atomic E-state index is 12.4. The van der Waals surface area contributed by atoms with Crippen LogP contribution in [0, 0.1) is 0 Å². The monoisotopic (exact) mass is 275 g/mol. The highest BCUT2D eigenvalue weighted by Crippen LogP contribution is 2.33. The summed E-state index contributed by atoms with van der Waals surface area (Å²) < 4.78 is 0. The zero-order valence-corrected chi connectivity index (χ0v) is 13.1. The lowest BCUT2D eigenvalue weighted by molar-refractivity contribution is -0.136. The van der Waals surface area contributed by atoms with Gasteiger partial charge < -0.3 is 15.1 Å². The Labute approximate surface area is 121 Å². The molecule has 0 bridgehead atoms. The van der Waals surface area contributed by atoms with Crippen molar-refractivity contribution in [2.45, 2.75) is 32.4 Å². The lowest BCUT2D eigenvalue weighted by Gasteiger charge is -2.47. The van der Waals surface area contributed by atoms with E-state index < -0.39 is 5.54 Å². The summed E-state index contributed by atoms with van der Waals surface area (Å²) in [6.45, 7) is 7.79. The largest absolute Gasteiger partial charge is 0.355 e. The molecule has 1 aliphatic heterocycles. The highest BCUT2D eigenvalue weighted by Gasteiger charge is 2.41. The van der Waals surface area contributed by atoms with Crippen LogP contribution in [0.4, 0.5) is 5.69 Å². The van der Waals surface area contributed by atoms with Crippen molar-refractivity contribution in [3.05, 3.63) is 29.8 Å². The number of piperazine rings is 1. The molecule has 1 aliphatic rings. The molecule has 1 unspecified atom stereocenters. The van der Waals surface area contributed by atoms with Gasteiger partial charge in [-0.2, -0.15) is 0 Å². The molecule has 1 aromatic carbocycles. The van der Waals surface area contributed by atoms with Gasteiger partial charge in [0.25, 0.3) is 0 Å². The molecule has 0 saturated carbocycles. The van der Waals surface area contributed by atoms with Gasteiger partial charge in [-0.3, -0.25) is 4.79 Å². The summed E-state index contributed by atoms with van der Waals surface area (Å²) in [5.74, 6) is 0.177.